The molecule has 0 bridgehead atoms. The number of imidazole rings is 1. The molecule has 7 heteroatoms. The van der Waals surface area contributed by atoms with E-state index in [1.807, 2.05) is 30.3 Å². The lowest BCUT2D eigenvalue weighted by Crippen LogP contribution is -2.21. The highest BCUT2D eigenvalue weighted by atomic mass is 15.2. The van der Waals surface area contributed by atoms with E-state index in [1.54, 1.807) is 0 Å². The fourth-order valence-electron chi connectivity index (χ4n) is 3.01. The zero-order chi connectivity index (χ0) is 15.4. The minimum absolute atomic E-state index is 0.539. The molecule has 5 rings (SSSR count). The SMILES string of the molecule is NC1=NCCc2nc3n[nH]c(-c4nc5ccccc5[nH]4)c3cc21. The van der Waals surface area contributed by atoms with Crippen LogP contribution >= 0.6 is 0 Å². The van der Waals surface area contributed by atoms with E-state index in [2.05, 4.69) is 30.1 Å². The summed E-state index contributed by atoms with van der Waals surface area (Å²) in [6.07, 6.45) is 0.790. The number of H-pyrrole nitrogens is 2. The first-order valence-electron chi connectivity index (χ1n) is 7.43. The number of nitrogens with two attached hydrogens (primary N) is 1. The number of benzene rings is 1. The van der Waals surface area contributed by atoms with Gasteiger partial charge in [0.2, 0.25) is 0 Å². The Labute approximate surface area is 130 Å². The lowest BCUT2D eigenvalue weighted by molar-refractivity contribution is 0.899. The average molecular weight is 303 g/mol. The van der Waals surface area contributed by atoms with Gasteiger partial charge >= 0.3 is 0 Å². The van der Waals surface area contributed by atoms with Crippen molar-refractivity contribution in [1.29, 1.82) is 0 Å². The molecular weight excluding hydrogens is 290 g/mol. The molecule has 4 N–H and O–H groups in total. The minimum atomic E-state index is 0.539. The fraction of sp³-hybridized carbons (Fsp3) is 0.125. The molecule has 0 atom stereocenters. The number of pyridine rings is 1. The molecule has 1 aromatic carbocycles. The van der Waals surface area contributed by atoms with Crippen LogP contribution in [0.4, 0.5) is 0 Å². The van der Waals surface area contributed by atoms with Crippen LogP contribution in [0.3, 0.4) is 0 Å². The molecule has 4 heterocycles. The largest absolute Gasteiger partial charge is 0.383 e. The van der Waals surface area contributed by atoms with E-state index in [-0.39, 0.29) is 0 Å². The molecule has 4 aromatic rings. The summed E-state index contributed by atoms with van der Waals surface area (Å²) >= 11 is 0. The van der Waals surface area contributed by atoms with Gasteiger partial charge in [-0.3, -0.25) is 10.1 Å². The number of amidine groups is 1. The number of aromatic nitrogens is 5. The second-order valence-corrected chi connectivity index (χ2v) is 5.57. The normalized spacial score (nSPS) is 14.2. The van der Waals surface area contributed by atoms with E-state index >= 15 is 0 Å². The fourth-order valence-corrected chi connectivity index (χ4v) is 3.01. The third-order valence-corrected chi connectivity index (χ3v) is 4.16. The number of para-hydroxylation sites is 2. The van der Waals surface area contributed by atoms with Gasteiger partial charge in [-0.15, -0.1) is 0 Å². The van der Waals surface area contributed by atoms with E-state index in [0.717, 1.165) is 45.6 Å². The summed E-state index contributed by atoms with van der Waals surface area (Å²) in [6, 6.07) is 9.91. The van der Waals surface area contributed by atoms with Gasteiger partial charge in [0, 0.05) is 18.5 Å². The van der Waals surface area contributed by atoms with Crippen LogP contribution in [0.2, 0.25) is 0 Å². The first kappa shape index (κ1) is 12.3. The van der Waals surface area contributed by atoms with Gasteiger partial charge in [-0.2, -0.15) is 5.10 Å². The van der Waals surface area contributed by atoms with Crippen molar-refractivity contribution in [3.63, 3.8) is 0 Å². The van der Waals surface area contributed by atoms with Crippen LogP contribution in [-0.2, 0) is 6.42 Å². The smallest absolute Gasteiger partial charge is 0.181 e. The van der Waals surface area contributed by atoms with Crippen molar-refractivity contribution < 1.29 is 0 Å². The summed E-state index contributed by atoms with van der Waals surface area (Å²) in [7, 11) is 0. The molecule has 0 aliphatic carbocycles. The minimum Gasteiger partial charge on any atom is -0.383 e. The van der Waals surface area contributed by atoms with Gasteiger partial charge in [0.1, 0.15) is 11.5 Å². The van der Waals surface area contributed by atoms with Crippen LogP contribution < -0.4 is 5.73 Å². The molecule has 0 radical (unpaired) electrons. The Morgan fingerprint density at radius 3 is 2.96 bits per heavy atom. The van der Waals surface area contributed by atoms with Crippen molar-refractivity contribution >= 4 is 27.9 Å². The van der Waals surface area contributed by atoms with Gasteiger partial charge in [0.15, 0.2) is 11.5 Å². The van der Waals surface area contributed by atoms with Crippen LogP contribution in [0.25, 0.3) is 33.6 Å². The maximum Gasteiger partial charge on any atom is 0.181 e. The Kier molecular flexibility index (Phi) is 2.35. The highest BCUT2D eigenvalue weighted by Gasteiger charge is 2.19. The molecule has 7 nitrogen and oxygen atoms in total. The van der Waals surface area contributed by atoms with Crippen molar-refractivity contribution in [3.8, 4) is 11.5 Å². The van der Waals surface area contributed by atoms with E-state index in [0.29, 0.717) is 18.0 Å². The van der Waals surface area contributed by atoms with Gasteiger partial charge in [-0.05, 0) is 18.2 Å². The van der Waals surface area contributed by atoms with Crippen LogP contribution in [0, 0.1) is 0 Å². The number of aliphatic imine (C=N–C) groups is 1. The van der Waals surface area contributed by atoms with Crippen LogP contribution in [-0.4, -0.2) is 37.5 Å². The third kappa shape index (κ3) is 1.76. The zero-order valence-electron chi connectivity index (χ0n) is 12.2. The van der Waals surface area contributed by atoms with Crippen molar-refractivity contribution in [2.24, 2.45) is 10.7 Å². The van der Waals surface area contributed by atoms with Gasteiger partial charge in [0.05, 0.1) is 22.1 Å². The summed E-state index contributed by atoms with van der Waals surface area (Å²) in [6.45, 7) is 0.679. The monoisotopic (exact) mass is 303 g/mol. The average Bonchev–Trinajstić information content (AvgIpc) is 3.16. The Bertz CT molecular complexity index is 1050. The number of fused-ring (bicyclic) bond motifs is 3. The van der Waals surface area contributed by atoms with E-state index in [1.165, 1.54) is 0 Å². The summed E-state index contributed by atoms with van der Waals surface area (Å²) in [5.74, 6) is 1.28. The standard InChI is InChI=1S/C16H13N7/c17-14-8-7-9-13(16-20-11-3-1-2-4-12(11)21-16)22-23-15(9)19-10(8)5-6-18-14/h1-4,7H,5-6H2,(H2,17,18)(H,20,21)(H,19,22,23). The molecule has 0 amide bonds. The van der Waals surface area contributed by atoms with Gasteiger partial charge < -0.3 is 10.7 Å². The number of nitrogens with zero attached hydrogens (tertiary/aromatic N) is 4. The quantitative estimate of drug-likeness (QED) is 0.498. The van der Waals surface area contributed by atoms with Crippen molar-refractivity contribution in [1.82, 2.24) is 25.1 Å². The van der Waals surface area contributed by atoms with Crippen LogP contribution in [0.15, 0.2) is 35.3 Å². The first-order chi connectivity index (χ1) is 11.3. The maximum atomic E-state index is 6.01. The Balaban J connectivity index is 1.76. The number of aromatic amines is 2. The highest BCUT2D eigenvalue weighted by molar-refractivity contribution is 6.03. The topological polar surface area (TPSA) is 109 Å². The molecule has 1 aliphatic rings. The van der Waals surface area contributed by atoms with Crippen molar-refractivity contribution in [2.75, 3.05) is 6.54 Å². The maximum absolute atomic E-state index is 6.01. The molecular formula is C16H13N7. The predicted molar refractivity (Wildman–Crippen MR) is 88.3 cm³/mol. The van der Waals surface area contributed by atoms with Gasteiger partial charge in [-0.25, -0.2) is 9.97 Å². The van der Waals surface area contributed by atoms with Crippen LogP contribution in [0.1, 0.15) is 11.3 Å². The lowest BCUT2D eigenvalue weighted by atomic mass is 10.1. The summed E-state index contributed by atoms with van der Waals surface area (Å²) in [5.41, 5.74) is 11.2. The Morgan fingerprint density at radius 2 is 2.04 bits per heavy atom. The summed E-state index contributed by atoms with van der Waals surface area (Å²) in [5, 5.41) is 8.25. The third-order valence-electron chi connectivity index (χ3n) is 4.16. The molecule has 3 aromatic heterocycles. The highest BCUT2D eigenvalue weighted by Crippen LogP contribution is 2.27. The van der Waals surface area contributed by atoms with Gasteiger partial charge in [-0.1, -0.05) is 12.1 Å². The summed E-state index contributed by atoms with van der Waals surface area (Å²) in [4.78, 5) is 16.9. The lowest BCUT2D eigenvalue weighted by Gasteiger charge is -2.12. The van der Waals surface area contributed by atoms with E-state index in [9.17, 15) is 0 Å². The molecule has 0 unspecified atom stereocenters. The molecule has 0 spiro atoms. The number of rotatable bonds is 1. The molecule has 23 heavy (non-hydrogen) atoms. The second-order valence-electron chi connectivity index (χ2n) is 5.57. The van der Waals surface area contributed by atoms with E-state index in [4.69, 9.17) is 5.73 Å². The second kappa shape index (κ2) is 4.39. The number of nitrogens with one attached hydrogen (secondary N) is 2. The first-order valence-corrected chi connectivity index (χ1v) is 7.43. The summed E-state index contributed by atoms with van der Waals surface area (Å²) < 4.78 is 0. The van der Waals surface area contributed by atoms with E-state index < -0.39 is 0 Å². The number of hydrogen-bond acceptors (Lipinski definition) is 5. The predicted octanol–water partition coefficient (Wildman–Crippen LogP) is 1.76. The molecule has 1 aliphatic heterocycles. The Morgan fingerprint density at radius 1 is 1.13 bits per heavy atom. The number of hydrogen-bond donors (Lipinski definition) is 3. The Hall–Kier alpha value is -3.22. The van der Waals surface area contributed by atoms with Gasteiger partial charge in [0.25, 0.3) is 0 Å². The molecule has 112 valence electrons. The van der Waals surface area contributed by atoms with Crippen LogP contribution in [0.5, 0.6) is 0 Å². The van der Waals surface area contributed by atoms with Crippen molar-refractivity contribution in [2.45, 2.75) is 6.42 Å². The molecule has 0 saturated carbocycles. The zero-order valence-corrected chi connectivity index (χ0v) is 12.2. The van der Waals surface area contributed by atoms with Crippen molar-refractivity contribution in [3.05, 3.63) is 41.6 Å². The molecule has 0 fully saturated rings. The molecule has 0 saturated heterocycles.